The predicted octanol–water partition coefficient (Wildman–Crippen LogP) is 4.22. The lowest BCUT2D eigenvalue weighted by atomic mass is 10.0. The Morgan fingerprint density at radius 1 is 0.821 bits per heavy atom. The molecule has 0 aliphatic heterocycles. The minimum absolute atomic E-state index is 0.0792. The number of ether oxygens (including phenoxy) is 3. The third kappa shape index (κ3) is 4.76. The number of methoxy groups -OCH3 is 1. The highest BCUT2D eigenvalue weighted by Gasteiger charge is 2.13. The van der Waals surface area contributed by atoms with Crippen molar-refractivity contribution in [2.75, 3.05) is 13.7 Å². The molecule has 0 saturated carbocycles. The molecule has 0 spiro atoms. The van der Waals surface area contributed by atoms with Gasteiger partial charge >= 0.3 is 5.97 Å². The van der Waals surface area contributed by atoms with E-state index in [0.29, 0.717) is 33.9 Å². The standard InChI is InChI=1S/C23H20O5/c1-16-14-18(23(25)17-6-4-3-5-7-17)8-13-21(16)28-22(24)15-27-20-11-9-19(26-2)10-12-20/h3-14H,15H2,1-2H3. The predicted molar refractivity (Wildman–Crippen MR) is 105 cm³/mol. The van der Waals surface area contributed by atoms with Crippen LogP contribution in [0.15, 0.2) is 72.8 Å². The van der Waals surface area contributed by atoms with Gasteiger partial charge in [-0.05, 0) is 55.0 Å². The second-order valence-electron chi connectivity index (χ2n) is 6.11. The molecule has 3 aromatic carbocycles. The first-order valence-corrected chi connectivity index (χ1v) is 8.75. The van der Waals surface area contributed by atoms with Crippen molar-refractivity contribution in [2.24, 2.45) is 0 Å². The summed E-state index contributed by atoms with van der Waals surface area (Å²) in [5.41, 5.74) is 1.84. The molecule has 0 radical (unpaired) electrons. The van der Waals surface area contributed by atoms with E-state index in [1.807, 2.05) is 18.2 Å². The number of hydrogen-bond donors (Lipinski definition) is 0. The Balaban J connectivity index is 1.60. The molecule has 0 bridgehead atoms. The van der Waals surface area contributed by atoms with E-state index in [4.69, 9.17) is 14.2 Å². The van der Waals surface area contributed by atoms with Crippen LogP contribution in [-0.2, 0) is 4.79 Å². The maximum absolute atomic E-state index is 12.5. The summed E-state index contributed by atoms with van der Waals surface area (Å²) in [6, 6.07) is 20.9. The SMILES string of the molecule is COc1ccc(OCC(=O)Oc2ccc(C(=O)c3ccccc3)cc2C)cc1. The zero-order valence-corrected chi connectivity index (χ0v) is 15.7. The van der Waals surface area contributed by atoms with Crippen LogP contribution in [-0.4, -0.2) is 25.5 Å². The Hall–Kier alpha value is -3.60. The summed E-state index contributed by atoms with van der Waals surface area (Å²) >= 11 is 0. The number of carbonyl (C=O) groups excluding carboxylic acids is 2. The second-order valence-corrected chi connectivity index (χ2v) is 6.11. The molecule has 0 saturated heterocycles. The van der Waals surface area contributed by atoms with Gasteiger partial charge in [-0.25, -0.2) is 4.79 Å². The van der Waals surface area contributed by atoms with Gasteiger partial charge in [-0.15, -0.1) is 0 Å². The zero-order chi connectivity index (χ0) is 19.9. The van der Waals surface area contributed by atoms with E-state index in [-0.39, 0.29) is 12.4 Å². The molecule has 0 heterocycles. The molecule has 5 nitrogen and oxygen atoms in total. The molecule has 0 fully saturated rings. The van der Waals surface area contributed by atoms with Crippen molar-refractivity contribution in [2.45, 2.75) is 6.92 Å². The number of hydrogen-bond acceptors (Lipinski definition) is 5. The van der Waals surface area contributed by atoms with Crippen LogP contribution in [0.2, 0.25) is 0 Å². The summed E-state index contributed by atoms with van der Waals surface area (Å²) in [6.07, 6.45) is 0. The van der Waals surface area contributed by atoms with Crippen molar-refractivity contribution in [1.82, 2.24) is 0 Å². The summed E-state index contributed by atoms with van der Waals surface area (Å²) in [6.45, 7) is 1.56. The van der Waals surface area contributed by atoms with E-state index in [2.05, 4.69) is 0 Å². The van der Waals surface area contributed by atoms with Gasteiger partial charge in [-0.1, -0.05) is 30.3 Å². The van der Waals surface area contributed by atoms with Crippen LogP contribution < -0.4 is 14.2 Å². The molecular formula is C23H20O5. The van der Waals surface area contributed by atoms with E-state index in [1.165, 1.54) is 0 Å². The summed E-state index contributed by atoms with van der Waals surface area (Å²) in [7, 11) is 1.58. The highest BCUT2D eigenvalue weighted by molar-refractivity contribution is 6.09. The first-order valence-electron chi connectivity index (χ1n) is 8.75. The Labute approximate surface area is 163 Å². The normalized spacial score (nSPS) is 10.2. The Kier molecular flexibility index (Phi) is 6.07. The summed E-state index contributed by atoms with van der Waals surface area (Å²) < 4.78 is 15.8. The minimum Gasteiger partial charge on any atom is -0.497 e. The minimum atomic E-state index is -0.527. The molecule has 142 valence electrons. The van der Waals surface area contributed by atoms with Crippen molar-refractivity contribution in [3.63, 3.8) is 0 Å². The van der Waals surface area contributed by atoms with E-state index in [0.717, 1.165) is 0 Å². The van der Waals surface area contributed by atoms with Gasteiger partial charge in [-0.2, -0.15) is 0 Å². The monoisotopic (exact) mass is 376 g/mol. The van der Waals surface area contributed by atoms with Gasteiger partial charge in [-0.3, -0.25) is 4.79 Å². The molecule has 0 N–H and O–H groups in total. The van der Waals surface area contributed by atoms with Gasteiger partial charge in [0.2, 0.25) is 0 Å². The fourth-order valence-electron chi connectivity index (χ4n) is 2.63. The zero-order valence-electron chi connectivity index (χ0n) is 15.7. The molecule has 0 aliphatic rings. The number of carbonyl (C=O) groups is 2. The molecule has 3 rings (SSSR count). The largest absolute Gasteiger partial charge is 0.497 e. The summed E-state index contributed by atoms with van der Waals surface area (Å²) in [5, 5.41) is 0. The second kappa shape index (κ2) is 8.86. The number of rotatable bonds is 7. The van der Waals surface area contributed by atoms with Gasteiger partial charge in [0.25, 0.3) is 0 Å². The lowest BCUT2D eigenvalue weighted by Gasteiger charge is -2.10. The third-order valence-electron chi connectivity index (χ3n) is 4.11. The molecule has 5 heteroatoms. The average molecular weight is 376 g/mol. The summed E-state index contributed by atoms with van der Waals surface area (Å²) in [5.74, 6) is 1.03. The smallest absolute Gasteiger partial charge is 0.349 e. The summed E-state index contributed by atoms with van der Waals surface area (Å²) in [4.78, 5) is 24.6. The van der Waals surface area contributed by atoms with E-state index >= 15 is 0 Å². The van der Waals surface area contributed by atoms with Crippen LogP contribution in [0.1, 0.15) is 21.5 Å². The Morgan fingerprint density at radius 2 is 1.50 bits per heavy atom. The molecule has 28 heavy (non-hydrogen) atoms. The third-order valence-corrected chi connectivity index (χ3v) is 4.11. The van der Waals surface area contributed by atoms with Crippen LogP contribution in [0, 0.1) is 6.92 Å². The Bertz CT molecular complexity index is 962. The molecule has 0 unspecified atom stereocenters. The van der Waals surface area contributed by atoms with E-state index in [9.17, 15) is 9.59 Å². The van der Waals surface area contributed by atoms with Crippen molar-refractivity contribution in [1.29, 1.82) is 0 Å². The maximum Gasteiger partial charge on any atom is 0.349 e. The molecular weight excluding hydrogens is 356 g/mol. The lowest BCUT2D eigenvalue weighted by Crippen LogP contribution is -2.18. The number of aryl methyl sites for hydroxylation is 1. The first-order chi connectivity index (χ1) is 13.6. The fourth-order valence-corrected chi connectivity index (χ4v) is 2.63. The molecule has 0 atom stereocenters. The number of benzene rings is 3. The van der Waals surface area contributed by atoms with Crippen molar-refractivity contribution >= 4 is 11.8 Å². The Morgan fingerprint density at radius 3 is 2.14 bits per heavy atom. The van der Waals surface area contributed by atoms with Crippen molar-refractivity contribution in [3.05, 3.63) is 89.5 Å². The fraction of sp³-hybridized carbons (Fsp3) is 0.130. The molecule has 0 aromatic heterocycles. The van der Waals surface area contributed by atoms with Crippen LogP contribution in [0.25, 0.3) is 0 Å². The first kappa shape index (κ1) is 19.2. The average Bonchev–Trinajstić information content (AvgIpc) is 2.74. The number of esters is 1. The van der Waals surface area contributed by atoms with Gasteiger partial charge in [0, 0.05) is 11.1 Å². The van der Waals surface area contributed by atoms with Crippen LogP contribution in [0.3, 0.4) is 0 Å². The topological polar surface area (TPSA) is 61.8 Å². The van der Waals surface area contributed by atoms with Crippen LogP contribution >= 0.6 is 0 Å². The maximum atomic E-state index is 12.5. The van der Waals surface area contributed by atoms with Gasteiger partial charge in [0.05, 0.1) is 7.11 Å². The van der Waals surface area contributed by atoms with Crippen LogP contribution in [0.5, 0.6) is 17.2 Å². The van der Waals surface area contributed by atoms with Crippen molar-refractivity contribution in [3.8, 4) is 17.2 Å². The van der Waals surface area contributed by atoms with E-state index in [1.54, 1.807) is 68.6 Å². The van der Waals surface area contributed by atoms with Crippen molar-refractivity contribution < 1.29 is 23.8 Å². The molecule has 3 aromatic rings. The molecule has 0 amide bonds. The van der Waals surface area contributed by atoms with E-state index < -0.39 is 5.97 Å². The van der Waals surface area contributed by atoms with Gasteiger partial charge < -0.3 is 14.2 Å². The highest BCUT2D eigenvalue weighted by atomic mass is 16.6. The number of ketones is 1. The van der Waals surface area contributed by atoms with Gasteiger partial charge in [0.15, 0.2) is 12.4 Å². The van der Waals surface area contributed by atoms with Crippen LogP contribution in [0.4, 0.5) is 0 Å². The molecule has 0 aliphatic carbocycles. The quantitative estimate of drug-likeness (QED) is 0.351. The van der Waals surface area contributed by atoms with Gasteiger partial charge in [0.1, 0.15) is 17.2 Å². The lowest BCUT2D eigenvalue weighted by molar-refractivity contribution is -0.136. The highest BCUT2D eigenvalue weighted by Crippen LogP contribution is 2.22.